The number of methoxy groups -OCH3 is 1. The Morgan fingerprint density at radius 3 is 2.82 bits per heavy atom. The molecule has 1 rings (SSSR count). The zero-order valence-electron chi connectivity index (χ0n) is 12.4. The van der Waals surface area contributed by atoms with Crippen LogP contribution in [0.25, 0.3) is 0 Å². The summed E-state index contributed by atoms with van der Waals surface area (Å²) in [7, 11) is 1.37. The molecule has 0 atom stereocenters. The highest BCUT2D eigenvalue weighted by atomic mass is 32.1. The third kappa shape index (κ3) is 6.66. The average molecular weight is 331 g/mol. The molecule has 0 unspecified atom stereocenters. The molecule has 22 heavy (non-hydrogen) atoms. The topological polar surface area (TPSA) is 54.9 Å². The number of rotatable bonds is 8. The van der Waals surface area contributed by atoms with Crippen molar-refractivity contribution in [2.75, 3.05) is 13.7 Å². The maximum Gasteiger partial charge on any atom is 0.387 e. The van der Waals surface area contributed by atoms with Crippen LogP contribution in [-0.2, 0) is 0 Å². The molecule has 0 saturated heterocycles. The molecule has 0 heterocycles. The highest BCUT2D eigenvalue weighted by Crippen LogP contribution is 2.28. The zero-order chi connectivity index (χ0) is 16.4. The van der Waals surface area contributed by atoms with Crippen molar-refractivity contribution in [1.29, 1.82) is 0 Å². The number of benzene rings is 1. The molecule has 0 fully saturated rings. The van der Waals surface area contributed by atoms with Gasteiger partial charge >= 0.3 is 6.61 Å². The predicted octanol–water partition coefficient (Wildman–Crippen LogP) is 2.89. The highest BCUT2D eigenvalue weighted by Gasteiger charge is 2.10. The molecule has 1 aromatic rings. The monoisotopic (exact) mass is 331 g/mol. The molecule has 1 aromatic carbocycles. The number of hydrazone groups is 1. The van der Waals surface area contributed by atoms with Gasteiger partial charge in [-0.3, -0.25) is 5.43 Å². The fourth-order valence-electron chi connectivity index (χ4n) is 1.54. The van der Waals surface area contributed by atoms with Crippen LogP contribution in [0, 0.1) is 0 Å². The molecule has 0 bridgehead atoms. The number of halogens is 2. The third-order valence-electron chi connectivity index (χ3n) is 2.60. The normalized spacial score (nSPS) is 10.8. The second-order valence-electron chi connectivity index (χ2n) is 4.27. The van der Waals surface area contributed by atoms with Gasteiger partial charge in [0, 0.05) is 6.54 Å². The van der Waals surface area contributed by atoms with Gasteiger partial charge in [0.05, 0.1) is 13.3 Å². The molecule has 0 aliphatic rings. The van der Waals surface area contributed by atoms with Gasteiger partial charge in [0.2, 0.25) is 0 Å². The predicted molar refractivity (Wildman–Crippen MR) is 85.9 cm³/mol. The number of hydrogen-bond donors (Lipinski definition) is 2. The van der Waals surface area contributed by atoms with Crippen molar-refractivity contribution in [1.82, 2.24) is 10.7 Å². The number of ether oxygens (including phenoxy) is 2. The van der Waals surface area contributed by atoms with Crippen LogP contribution in [0.5, 0.6) is 11.5 Å². The first-order valence-electron chi connectivity index (χ1n) is 6.76. The lowest BCUT2D eigenvalue weighted by molar-refractivity contribution is -0.0512. The fraction of sp³-hybridized carbons (Fsp3) is 0.429. The molecule has 122 valence electrons. The summed E-state index contributed by atoms with van der Waals surface area (Å²) in [6.07, 6.45) is 3.60. The van der Waals surface area contributed by atoms with Crippen molar-refractivity contribution in [2.45, 2.75) is 26.4 Å². The molecular formula is C14H19F2N3O2S. The minimum atomic E-state index is -2.90. The zero-order valence-corrected chi connectivity index (χ0v) is 13.3. The van der Waals surface area contributed by atoms with Gasteiger partial charge < -0.3 is 14.8 Å². The molecule has 0 radical (unpaired) electrons. The van der Waals surface area contributed by atoms with Crippen molar-refractivity contribution in [3.8, 4) is 11.5 Å². The SMILES string of the molecule is CCCCNC(=S)NN=Cc1ccc(OC(F)F)c(OC)c1. The molecule has 0 aliphatic carbocycles. The van der Waals surface area contributed by atoms with Crippen LogP contribution in [0.4, 0.5) is 8.78 Å². The van der Waals surface area contributed by atoms with Crippen LogP contribution < -0.4 is 20.2 Å². The second kappa shape index (κ2) is 9.88. The Morgan fingerprint density at radius 2 is 2.18 bits per heavy atom. The Bertz CT molecular complexity index is 513. The van der Waals surface area contributed by atoms with E-state index < -0.39 is 6.61 Å². The van der Waals surface area contributed by atoms with Crippen LogP contribution in [0.15, 0.2) is 23.3 Å². The van der Waals surface area contributed by atoms with E-state index in [2.05, 4.69) is 27.5 Å². The molecule has 5 nitrogen and oxygen atoms in total. The minimum absolute atomic E-state index is 0.0284. The van der Waals surface area contributed by atoms with Gasteiger partial charge in [-0.1, -0.05) is 13.3 Å². The van der Waals surface area contributed by atoms with Crippen LogP contribution in [0.1, 0.15) is 25.3 Å². The van der Waals surface area contributed by atoms with E-state index in [-0.39, 0.29) is 11.5 Å². The summed E-state index contributed by atoms with van der Waals surface area (Å²) in [6.45, 7) is -0.0298. The summed E-state index contributed by atoms with van der Waals surface area (Å²) in [5.41, 5.74) is 3.33. The first-order chi connectivity index (χ1) is 10.6. The van der Waals surface area contributed by atoms with Crippen molar-refractivity contribution in [3.05, 3.63) is 23.8 Å². The standard InChI is InChI=1S/C14H19F2N3O2S/c1-3-4-7-17-14(22)19-18-9-10-5-6-11(21-13(15)16)12(8-10)20-2/h5-6,8-9,13H,3-4,7H2,1-2H3,(H2,17,19,22). The van der Waals surface area contributed by atoms with Crippen molar-refractivity contribution in [3.63, 3.8) is 0 Å². The van der Waals surface area contributed by atoms with Gasteiger partial charge in [0.25, 0.3) is 0 Å². The number of unbranched alkanes of at least 4 members (excludes halogenated alkanes) is 1. The summed E-state index contributed by atoms with van der Waals surface area (Å²) < 4.78 is 33.8. The van der Waals surface area contributed by atoms with Crippen LogP contribution in [-0.4, -0.2) is 31.6 Å². The van der Waals surface area contributed by atoms with E-state index in [9.17, 15) is 8.78 Å². The molecule has 2 N–H and O–H groups in total. The van der Waals surface area contributed by atoms with Crippen LogP contribution in [0.2, 0.25) is 0 Å². The summed E-state index contributed by atoms with van der Waals surface area (Å²) in [5, 5.41) is 7.39. The number of hydrogen-bond acceptors (Lipinski definition) is 4. The van der Waals surface area contributed by atoms with E-state index in [4.69, 9.17) is 17.0 Å². The number of alkyl halides is 2. The summed E-state index contributed by atoms with van der Waals surface area (Å²) >= 11 is 5.04. The molecule has 0 aliphatic heterocycles. The van der Waals surface area contributed by atoms with Gasteiger partial charge in [0.1, 0.15) is 0 Å². The average Bonchev–Trinajstić information content (AvgIpc) is 2.48. The van der Waals surface area contributed by atoms with Crippen LogP contribution >= 0.6 is 12.2 Å². The van der Waals surface area contributed by atoms with Gasteiger partial charge in [0.15, 0.2) is 16.6 Å². The Hall–Kier alpha value is -1.96. The smallest absolute Gasteiger partial charge is 0.387 e. The Balaban J connectivity index is 2.58. The second-order valence-corrected chi connectivity index (χ2v) is 4.68. The van der Waals surface area contributed by atoms with Crippen molar-refractivity contribution >= 4 is 23.5 Å². The number of thiocarbonyl (C=S) groups is 1. The third-order valence-corrected chi connectivity index (χ3v) is 2.83. The Kier molecular flexibility index (Phi) is 8.13. The summed E-state index contributed by atoms with van der Waals surface area (Å²) in [4.78, 5) is 0. The molecule has 8 heteroatoms. The summed E-state index contributed by atoms with van der Waals surface area (Å²) in [5.74, 6) is 0.173. The van der Waals surface area contributed by atoms with Gasteiger partial charge in [-0.15, -0.1) is 0 Å². The molecule has 0 amide bonds. The van der Waals surface area contributed by atoms with Crippen molar-refractivity contribution in [2.24, 2.45) is 5.10 Å². The summed E-state index contributed by atoms with van der Waals surface area (Å²) in [6, 6.07) is 4.51. The number of nitrogens with zero attached hydrogens (tertiary/aromatic N) is 1. The van der Waals surface area contributed by atoms with E-state index in [1.54, 1.807) is 6.07 Å². The largest absolute Gasteiger partial charge is 0.493 e. The number of nitrogens with one attached hydrogen (secondary N) is 2. The van der Waals surface area contributed by atoms with E-state index in [1.165, 1.54) is 25.5 Å². The molecule has 0 aromatic heterocycles. The molecular weight excluding hydrogens is 312 g/mol. The van der Waals surface area contributed by atoms with E-state index in [1.807, 2.05) is 0 Å². The van der Waals surface area contributed by atoms with Gasteiger partial charge in [-0.05, 0) is 42.4 Å². The Morgan fingerprint density at radius 1 is 1.41 bits per heavy atom. The van der Waals surface area contributed by atoms with E-state index in [0.717, 1.165) is 19.4 Å². The van der Waals surface area contributed by atoms with Gasteiger partial charge in [-0.2, -0.15) is 13.9 Å². The highest BCUT2D eigenvalue weighted by molar-refractivity contribution is 7.80. The first-order valence-corrected chi connectivity index (χ1v) is 7.17. The van der Waals surface area contributed by atoms with Crippen LogP contribution in [0.3, 0.4) is 0 Å². The molecule has 0 saturated carbocycles. The fourth-order valence-corrected chi connectivity index (χ4v) is 1.70. The quantitative estimate of drug-likeness (QED) is 0.332. The van der Waals surface area contributed by atoms with E-state index >= 15 is 0 Å². The van der Waals surface area contributed by atoms with Gasteiger partial charge in [-0.25, -0.2) is 0 Å². The van der Waals surface area contributed by atoms with E-state index in [0.29, 0.717) is 10.7 Å². The maximum absolute atomic E-state index is 12.2. The minimum Gasteiger partial charge on any atom is -0.493 e. The Labute approximate surface area is 133 Å². The first kappa shape index (κ1) is 18.1. The lowest BCUT2D eigenvalue weighted by Crippen LogP contribution is -2.32. The lowest BCUT2D eigenvalue weighted by Gasteiger charge is -2.10. The lowest BCUT2D eigenvalue weighted by atomic mass is 10.2. The molecule has 0 spiro atoms. The van der Waals surface area contributed by atoms with Crippen molar-refractivity contribution < 1.29 is 18.3 Å². The maximum atomic E-state index is 12.2.